The molecule has 2 rings (SSSR count). The molecule has 74 valence electrons. The fourth-order valence-corrected chi connectivity index (χ4v) is 1.56. The number of carbonyl (C=O) groups is 1. The number of halogens is 1. The van der Waals surface area contributed by atoms with Crippen molar-refractivity contribution in [3.8, 4) is 0 Å². The lowest BCUT2D eigenvalue weighted by Crippen LogP contribution is -2.61. The van der Waals surface area contributed by atoms with Crippen LogP contribution in [0.25, 0.3) is 0 Å². The summed E-state index contributed by atoms with van der Waals surface area (Å²) >= 11 is 0. The van der Waals surface area contributed by atoms with Crippen molar-refractivity contribution in [2.45, 2.75) is 13.0 Å². The van der Waals surface area contributed by atoms with E-state index in [9.17, 15) is 9.18 Å². The van der Waals surface area contributed by atoms with Crippen molar-refractivity contribution < 1.29 is 9.18 Å². The third kappa shape index (κ3) is 1.37. The number of hydrogen-bond donors (Lipinski definition) is 1. The molecule has 3 nitrogen and oxygen atoms in total. The number of anilines is 1. The Kier molecular flexibility index (Phi) is 2.00. The maximum Gasteiger partial charge on any atom is 0.245 e. The molecule has 0 radical (unpaired) electrons. The van der Waals surface area contributed by atoms with E-state index >= 15 is 0 Å². The molecule has 1 atom stereocenters. The van der Waals surface area contributed by atoms with Gasteiger partial charge in [0.25, 0.3) is 0 Å². The molecule has 1 fully saturated rings. The van der Waals surface area contributed by atoms with Crippen molar-refractivity contribution in [2.75, 3.05) is 11.4 Å². The summed E-state index contributed by atoms with van der Waals surface area (Å²) in [4.78, 5) is 12.7. The van der Waals surface area contributed by atoms with Crippen LogP contribution in [0, 0.1) is 12.7 Å². The van der Waals surface area contributed by atoms with Crippen LogP contribution in [0.3, 0.4) is 0 Å². The average molecular weight is 194 g/mol. The van der Waals surface area contributed by atoms with Crippen molar-refractivity contribution in [3.63, 3.8) is 0 Å². The Balaban J connectivity index is 2.29. The van der Waals surface area contributed by atoms with Gasteiger partial charge in [0.1, 0.15) is 11.9 Å². The Labute approximate surface area is 81.3 Å². The summed E-state index contributed by atoms with van der Waals surface area (Å²) in [5, 5.41) is 0. The lowest BCUT2D eigenvalue weighted by Gasteiger charge is -2.36. The normalized spacial score (nSPS) is 20.9. The van der Waals surface area contributed by atoms with Crippen LogP contribution in [0.2, 0.25) is 0 Å². The van der Waals surface area contributed by atoms with E-state index in [4.69, 9.17) is 5.73 Å². The second-order valence-electron chi connectivity index (χ2n) is 3.54. The molecule has 4 heteroatoms. The molecule has 0 aromatic heterocycles. The maximum atomic E-state index is 13.0. The Morgan fingerprint density at radius 3 is 2.71 bits per heavy atom. The molecule has 1 aromatic rings. The van der Waals surface area contributed by atoms with E-state index in [1.54, 1.807) is 13.0 Å². The van der Waals surface area contributed by atoms with Gasteiger partial charge in [-0.25, -0.2) is 4.39 Å². The van der Waals surface area contributed by atoms with Gasteiger partial charge in [0.2, 0.25) is 5.91 Å². The number of β-lactam (4-membered cyclic amide) rings is 1. The number of hydrogen-bond acceptors (Lipinski definition) is 2. The third-order valence-corrected chi connectivity index (χ3v) is 2.30. The summed E-state index contributed by atoms with van der Waals surface area (Å²) in [6.07, 6.45) is 0. The molecule has 0 saturated carbocycles. The second kappa shape index (κ2) is 3.06. The molecule has 1 aliphatic rings. The van der Waals surface area contributed by atoms with Gasteiger partial charge in [-0.15, -0.1) is 0 Å². The van der Waals surface area contributed by atoms with Crippen LogP contribution in [0.4, 0.5) is 10.1 Å². The van der Waals surface area contributed by atoms with E-state index < -0.39 is 6.04 Å². The van der Waals surface area contributed by atoms with Gasteiger partial charge < -0.3 is 10.6 Å². The Morgan fingerprint density at radius 1 is 1.50 bits per heavy atom. The van der Waals surface area contributed by atoms with Gasteiger partial charge in [0.15, 0.2) is 0 Å². The highest BCUT2D eigenvalue weighted by atomic mass is 19.1. The number of nitrogens with two attached hydrogens (primary N) is 1. The van der Waals surface area contributed by atoms with Crippen molar-refractivity contribution in [2.24, 2.45) is 5.73 Å². The fraction of sp³-hybridized carbons (Fsp3) is 0.300. The van der Waals surface area contributed by atoms with Crippen LogP contribution in [0.1, 0.15) is 5.56 Å². The predicted octanol–water partition coefficient (Wildman–Crippen LogP) is 0.808. The highest BCUT2D eigenvalue weighted by Crippen LogP contribution is 2.23. The fourth-order valence-electron chi connectivity index (χ4n) is 1.56. The van der Waals surface area contributed by atoms with Gasteiger partial charge >= 0.3 is 0 Å². The first-order valence-corrected chi connectivity index (χ1v) is 4.42. The summed E-state index contributed by atoms with van der Waals surface area (Å²) in [6.45, 7) is 2.26. The van der Waals surface area contributed by atoms with Crippen molar-refractivity contribution in [1.82, 2.24) is 0 Å². The van der Waals surface area contributed by atoms with Gasteiger partial charge in [-0.2, -0.15) is 0 Å². The molecule has 14 heavy (non-hydrogen) atoms. The zero-order valence-electron chi connectivity index (χ0n) is 7.83. The Hall–Kier alpha value is -1.42. The van der Waals surface area contributed by atoms with Crippen LogP contribution in [-0.2, 0) is 4.79 Å². The number of aryl methyl sites for hydroxylation is 1. The van der Waals surface area contributed by atoms with E-state index in [2.05, 4.69) is 0 Å². The number of rotatable bonds is 1. The van der Waals surface area contributed by atoms with E-state index in [1.165, 1.54) is 17.0 Å². The summed E-state index contributed by atoms with van der Waals surface area (Å²) in [5.41, 5.74) is 6.83. The van der Waals surface area contributed by atoms with Crippen LogP contribution in [-0.4, -0.2) is 18.5 Å². The lowest BCUT2D eigenvalue weighted by atomic mass is 10.1. The third-order valence-electron chi connectivity index (χ3n) is 2.30. The first-order valence-electron chi connectivity index (χ1n) is 4.42. The second-order valence-corrected chi connectivity index (χ2v) is 3.54. The zero-order chi connectivity index (χ0) is 10.3. The Morgan fingerprint density at radius 2 is 2.21 bits per heavy atom. The zero-order valence-corrected chi connectivity index (χ0v) is 7.83. The van der Waals surface area contributed by atoms with Gasteiger partial charge in [-0.05, 0) is 30.7 Å². The van der Waals surface area contributed by atoms with Gasteiger partial charge in [-0.1, -0.05) is 0 Å². The molecule has 1 aromatic carbocycles. The van der Waals surface area contributed by atoms with Gasteiger partial charge in [0, 0.05) is 5.69 Å². The van der Waals surface area contributed by atoms with E-state index in [0.717, 1.165) is 5.56 Å². The number of benzene rings is 1. The molecule has 0 bridgehead atoms. The van der Waals surface area contributed by atoms with E-state index in [1.807, 2.05) is 0 Å². The van der Waals surface area contributed by atoms with Crippen LogP contribution >= 0.6 is 0 Å². The lowest BCUT2D eigenvalue weighted by molar-refractivity contribution is -0.123. The molecule has 2 N–H and O–H groups in total. The smallest absolute Gasteiger partial charge is 0.245 e. The molecule has 1 unspecified atom stereocenters. The minimum Gasteiger partial charge on any atom is -0.318 e. The predicted molar refractivity (Wildman–Crippen MR) is 51.5 cm³/mol. The molecule has 1 heterocycles. The van der Waals surface area contributed by atoms with E-state index in [0.29, 0.717) is 12.2 Å². The standard InChI is InChI=1S/C10H11FN2O/c1-6-2-7(11)4-8(3-6)13-5-9(12)10(13)14/h2-4,9H,5,12H2,1H3. The molecule has 1 aliphatic heterocycles. The largest absolute Gasteiger partial charge is 0.318 e. The molecule has 0 aliphatic carbocycles. The van der Waals surface area contributed by atoms with E-state index in [-0.39, 0.29) is 11.7 Å². The van der Waals surface area contributed by atoms with Gasteiger partial charge in [-0.3, -0.25) is 4.79 Å². The molecular formula is C10H11FN2O. The first kappa shape index (κ1) is 9.15. The highest BCUT2D eigenvalue weighted by molar-refractivity contribution is 6.03. The monoisotopic (exact) mass is 194 g/mol. The topological polar surface area (TPSA) is 46.3 Å². The summed E-state index contributed by atoms with van der Waals surface area (Å²) in [5.74, 6) is -0.469. The Bertz CT molecular complexity index is 371. The average Bonchev–Trinajstić information content (AvgIpc) is 2.11. The number of carbonyl (C=O) groups excluding carboxylic acids is 1. The highest BCUT2D eigenvalue weighted by Gasteiger charge is 2.34. The maximum absolute atomic E-state index is 13.0. The summed E-state index contributed by atoms with van der Waals surface area (Å²) in [7, 11) is 0. The quantitative estimate of drug-likeness (QED) is 0.672. The van der Waals surface area contributed by atoms with Crippen LogP contribution in [0.15, 0.2) is 18.2 Å². The minimum atomic E-state index is -0.418. The SMILES string of the molecule is Cc1cc(F)cc(N2CC(N)C2=O)c1. The minimum absolute atomic E-state index is 0.144. The van der Waals surface area contributed by atoms with Crippen molar-refractivity contribution in [3.05, 3.63) is 29.6 Å². The molecular weight excluding hydrogens is 183 g/mol. The first-order chi connectivity index (χ1) is 6.58. The van der Waals surface area contributed by atoms with Crippen molar-refractivity contribution in [1.29, 1.82) is 0 Å². The summed E-state index contributed by atoms with van der Waals surface area (Å²) in [6, 6.07) is 4.12. The van der Waals surface area contributed by atoms with Crippen LogP contribution in [0.5, 0.6) is 0 Å². The van der Waals surface area contributed by atoms with Crippen LogP contribution < -0.4 is 10.6 Å². The number of amides is 1. The summed E-state index contributed by atoms with van der Waals surface area (Å²) < 4.78 is 13.0. The van der Waals surface area contributed by atoms with Crippen molar-refractivity contribution >= 4 is 11.6 Å². The molecule has 1 amide bonds. The van der Waals surface area contributed by atoms with Gasteiger partial charge in [0.05, 0.1) is 6.54 Å². The molecule has 0 spiro atoms. The number of nitrogens with zero attached hydrogens (tertiary/aromatic N) is 1. The molecule has 1 saturated heterocycles.